The Morgan fingerprint density at radius 2 is 0.953 bits per heavy atom. The number of rotatable bonds is 4. The highest BCUT2D eigenvalue weighted by Crippen LogP contribution is 2.42. The number of hydrogen-bond acceptors (Lipinski definition) is 4. The summed E-state index contributed by atoms with van der Waals surface area (Å²) < 4.78 is 9.10. The Kier molecular flexibility index (Phi) is 7.33. The SMILES string of the molecule is c1ccc(-c2nc(-c3ccc4oc5ccc6ccc(-n7c8cc9ccccc9cc8c8ccc9ccccc9c87)cc6c5c4c3)nc(-c3cc4ccccc4c4ccccc34)n2)cc1. The second-order valence-corrected chi connectivity index (χ2v) is 16.8. The Morgan fingerprint density at radius 1 is 0.328 bits per heavy atom. The Bertz CT molecular complexity index is 4260. The fraction of sp³-hybridized carbons (Fsp3) is 0. The van der Waals surface area contributed by atoms with E-state index in [0.717, 1.165) is 65.9 Å². The van der Waals surface area contributed by atoms with Crippen LogP contribution < -0.4 is 0 Å². The van der Waals surface area contributed by atoms with Crippen LogP contribution in [0, 0.1) is 0 Å². The molecule has 5 heteroatoms. The highest BCUT2D eigenvalue weighted by molar-refractivity contribution is 6.22. The van der Waals surface area contributed by atoms with Crippen molar-refractivity contribution in [2.75, 3.05) is 0 Å². The third-order valence-corrected chi connectivity index (χ3v) is 13.1. The fourth-order valence-corrected chi connectivity index (χ4v) is 10.2. The van der Waals surface area contributed by atoms with E-state index in [1.807, 2.05) is 18.2 Å². The minimum atomic E-state index is 0.600. The summed E-state index contributed by atoms with van der Waals surface area (Å²) in [4.78, 5) is 15.6. The molecule has 64 heavy (non-hydrogen) atoms. The molecule has 0 aliphatic heterocycles. The van der Waals surface area contributed by atoms with E-state index in [1.54, 1.807) is 0 Å². The van der Waals surface area contributed by atoms with Crippen LogP contribution in [-0.2, 0) is 0 Å². The lowest BCUT2D eigenvalue weighted by Gasteiger charge is -2.12. The van der Waals surface area contributed by atoms with Crippen molar-refractivity contribution < 1.29 is 4.42 Å². The molecule has 14 aromatic rings. The lowest BCUT2D eigenvalue weighted by atomic mass is 9.97. The van der Waals surface area contributed by atoms with Crippen molar-refractivity contribution in [1.82, 2.24) is 19.5 Å². The highest BCUT2D eigenvalue weighted by Gasteiger charge is 2.20. The van der Waals surface area contributed by atoms with Gasteiger partial charge in [-0.2, -0.15) is 0 Å². The van der Waals surface area contributed by atoms with Gasteiger partial charge < -0.3 is 8.98 Å². The number of furan rings is 1. The van der Waals surface area contributed by atoms with Crippen molar-refractivity contribution in [2.45, 2.75) is 0 Å². The summed E-state index contributed by atoms with van der Waals surface area (Å²) in [6.45, 7) is 0. The summed E-state index contributed by atoms with van der Waals surface area (Å²) in [7, 11) is 0. The zero-order chi connectivity index (χ0) is 41.9. The molecule has 5 nitrogen and oxygen atoms in total. The van der Waals surface area contributed by atoms with E-state index in [4.69, 9.17) is 19.4 Å². The van der Waals surface area contributed by atoms with Crippen LogP contribution in [0.2, 0.25) is 0 Å². The van der Waals surface area contributed by atoms with E-state index in [2.05, 4.69) is 193 Å². The zero-order valence-electron chi connectivity index (χ0n) is 34.3. The van der Waals surface area contributed by atoms with E-state index in [9.17, 15) is 0 Å². The summed E-state index contributed by atoms with van der Waals surface area (Å²) in [6, 6.07) is 73.4. The van der Waals surface area contributed by atoms with Gasteiger partial charge in [-0.3, -0.25) is 0 Å². The van der Waals surface area contributed by atoms with Crippen LogP contribution in [0.4, 0.5) is 0 Å². The summed E-state index contributed by atoms with van der Waals surface area (Å²) in [5, 5.41) is 16.3. The summed E-state index contributed by atoms with van der Waals surface area (Å²) in [5.74, 6) is 1.85. The van der Waals surface area contributed by atoms with E-state index in [1.165, 1.54) is 54.1 Å². The van der Waals surface area contributed by atoms with Crippen LogP contribution in [-0.4, -0.2) is 19.5 Å². The fourth-order valence-electron chi connectivity index (χ4n) is 10.2. The third-order valence-electron chi connectivity index (χ3n) is 13.1. The standard InChI is InChI=1S/C59H34N4O/c1-2-13-37(14-3-1)57-60-58(62-59(61-57)50-31-40-17-7-8-18-43(40)45-20-10-11-21-46(45)50)41-25-28-53-51(32-41)55-48-34-42(26-22-36(48)24-29-54(55)64-53)63-52-33-39-16-5-4-15-38(39)30-49(52)47-27-23-35-12-6-9-19-44(35)56(47)63/h1-34H. The first-order valence-corrected chi connectivity index (χ1v) is 21.7. The number of benzene rings is 11. The average molecular weight is 815 g/mol. The van der Waals surface area contributed by atoms with Crippen molar-refractivity contribution in [1.29, 1.82) is 0 Å². The monoisotopic (exact) mass is 814 g/mol. The molecule has 14 rings (SSSR count). The van der Waals surface area contributed by atoms with Gasteiger partial charge in [0, 0.05) is 49.3 Å². The van der Waals surface area contributed by atoms with Gasteiger partial charge in [-0.25, -0.2) is 15.0 Å². The largest absolute Gasteiger partial charge is 0.456 e. The lowest BCUT2D eigenvalue weighted by Crippen LogP contribution is -2.00. The molecule has 3 aromatic heterocycles. The number of nitrogens with zero attached hydrogens (tertiary/aromatic N) is 4. The molecule has 3 heterocycles. The van der Waals surface area contributed by atoms with Gasteiger partial charge >= 0.3 is 0 Å². The first-order chi connectivity index (χ1) is 31.7. The lowest BCUT2D eigenvalue weighted by molar-refractivity contribution is 0.669. The smallest absolute Gasteiger partial charge is 0.164 e. The van der Waals surface area contributed by atoms with Crippen LogP contribution in [0.3, 0.4) is 0 Å². The molecule has 0 saturated carbocycles. The molecule has 0 aliphatic rings. The zero-order valence-corrected chi connectivity index (χ0v) is 34.3. The summed E-state index contributed by atoms with van der Waals surface area (Å²) in [6.07, 6.45) is 0. The van der Waals surface area contributed by atoms with E-state index < -0.39 is 0 Å². The third kappa shape index (κ3) is 5.22. The molecular weight excluding hydrogens is 781 g/mol. The molecule has 0 fully saturated rings. The van der Waals surface area contributed by atoms with Gasteiger partial charge in [0.15, 0.2) is 17.5 Å². The molecule has 0 radical (unpaired) electrons. The van der Waals surface area contributed by atoms with Gasteiger partial charge in [0.05, 0.1) is 11.0 Å². The minimum absolute atomic E-state index is 0.600. The maximum atomic E-state index is 6.64. The van der Waals surface area contributed by atoms with E-state index in [0.29, 0.717) is 17.5 Å². The molecule has 0 bridgehead atoms. The van der Waals surface area contributed by atoms with Crippen LogP contribution in [0.1, 0.15) is 0 Å². The van der Waals surface area contributed by atoms with Crippen LogP contribution >= 0.6 is 0 Å². The topological polar surface area (TPSA) is 56.7 Å². The molecule has 0 aliphatic carbocycles. The molecular formula is C59H34N4O. The maximum Gasteiger partial charge on any atom is 0.164 e. The Balaban J connectivity index is 1.01. The average Bonchev–Trinajstić information content (AvgIpc) is 3.91. The normalized spacial score (nSPS) is 12.1. The van der Waals surface area contributed by atoms with Gasteiger partial charge in [-0.05, 0) is 103 Å². The van der Waals surface area contributed by atoms with Gasteiger partial charge in [-0.15, -0.1) is 0 Å². The Labute approximate surface area is 366 Å². The number of hydrogen-bond donors (Lipinski definition) is 0. The number of fused-ring (bicyclic) bond motifs is 14. The molecule has 0 spiro atoms. The van der Waals surface area contributed by atoms with Crippen molar-refractivity contribution in [3.05, 3.63) is 206 Å². The van der Waals surface area contributed by atoms with Gasteiger partial charge in [0.1, 0.15) is 11.2 Å². The van der Waals surface area contributed by atoms with Crippen molar-refractivity contribution >= 4 is 97.6 Å². The molecule has 0 unspecified atom stereocenters. The van der Waals surface area contributed by atoms with Crippen LogP contribution in [0.15, 0.2) is 211 Å². The number of aromatic nitrogens is 4. The second kappa shape index (κ2) is 13.4. The van der Waals surface area contributed by atoms with Crippen molar-refractivity contribution in [3.8, 4) is 39.9 Å². The van der Waals surface area contributed by atoms with Crippen LogP contribution in [0.5, 0.6) is 0 Å². The maximum absolute atomic E-state index is 6.64. The van der Waals surface area contributed by atoms with Crippen molar-refractivity contribution in [3.63, 3.8) is 0 Å². The molecule has 11 aromatic carbocycles. The van der Waals surface area contributed by atoms with Gasteiger partial charge in [0.25, 0.3) is 0 Å². The molecule has 0 saturated heterocycles. The molecule has 0 atom stereocenters. The Hall–Kier alpha value is -8.67. The predicted octanol–water partition coefficient (Wildman–Crippen LogP) is 15.6. The molecule has 296 valence electrons. The second-order valence-electron chi connectivity index (χ2n) is 16.8. The van der Waals surface area contributed by atoms with E-state index >= 15 is 0 Å². The summed E-state index contributed by atoms with van der Waals surface area (Å²) in [5.41, 5.74) is 7.89. The first-order valence-electron chi connectivity index (χ1n) is 21.7. The first kappa shape index (κ1) is 35.0. The quantitative estimate of drug-likeness (QED) is 0.166. The van der Waals surface area contributed by atoms with Crippen LogP contribution in [0.25, 0.3) is 137 Å². The highest BCUT2D eigenvalue weighted by atomic mass is 16.3. The minimum Gasteiger partial charge on any atom is -0.456 e. The summed E-state index contributed by atoms with van der Waals surface area (Å²) >= 11 is 0. The molecule has 0 N–H and O–H groups in total. The van der Waals surface area contributed by atoms with Gasteiger partial charge in [-0.1, -0.05) is 152 Å². The predicted molar refractivity (Wildman–Crippen MR) is 265 cm³/mol. The van der Waals surface area contributed by atoms with Gasteiger partial charge in [0.2, 0.25) is 0 Å². The molecule has 0 amide bonds. The van der Waals surface area contributed by atoms with Crippen molar-refractivity contribution in [2.24, 2.45) is 0 Å². The van der Waals surface area contributed by atoms with E-state index in [-0.39, 0.29) is 0 Å². The Morgan fingerprint density at radius 3 is 1.80 bits per heavy atom.